The number of nitrogens with zero attached hydrogens (tertiary/aromatic N) is 3. The molecule has 0 spiro atoms. The minimum Gasteiger partial charge on any atom is -0.361 e. The van der Waals surface area contributed by atoms with Gasteiger partial charge in [-0.1, -0.05) is 19.0 Å². The van der Waals surface area contributed by atoms with E-state index in [9.17, 15) is 0 Å². The summed E-state index contributed by atoms with van der Waals surface area (Å²) in [5.41, 5.74) is 4.75. The maximum atomic E-state index is 5.13. The third-order valence-electron chi connectivity index (χ3n) is 3.70. The van der Waals surface area contributed by atoms with Gasteiger partial charge in [0.1, 0.15) is 11.5 Å². The standard InChI is InChI=1S/C15H24N4O/c1-6-13-12(15(7-2)19(5)17-13)9-16-11(4)14-8-10(3)20-18-14/h8,11,16H,6-7,9H2,1-5H3. The van der Waals surface area contributed by atoms with Gasteiger partial charge < -0.3 is 9.84 Å². The number of aryl methyl sites for hydroxylation is 3. The van der Waals surface area contributed by atoms with Gasteiger partial charge in [0, 0.05) is 30.9 Å². The van der Waals surface area contributed by atoms with E-state index >= 15 is 0 Å². The molecule has 110 valence electrons. The molecule has 0 aromatic carbocycles. The second kappa shape index (κ2) is 6.22. The van der Waals surface area contributed by atoms with E-state index in [4.69, 9.17) is 4.52 Å². The molecule has 5 heteroatoms. The predicted molar refractivity (Wildman–Crippen MR) is 78.5 cm³/mol. The van der Waals surface area contributed by atoms with Crippen LogP contribution in [-0.4, -0.2) is 14.9 Å². The summed E-state index contributed by atoms with van der Waals surface area (Å²) in [6.07, 6.45) is 1.96. The molecule has 2 aromatic rings. The lowest BCUT2D eigenvalue weighted by atomic mass is 10.1. The highest BCUT2D eigenvalue weighted by Crippen LogP contribution is 2.18. The molecule has 0 aliphatic rings. The average Bonchev–Trinajstić information content (AvgIpc) is 2.99. The third kappa shape index (κ3) is 2.93. The van der Waals surface area contributed by atoms with Gasteiger partial charge in [0.05, 0.1) is 11.7 Å². The smallest absolute Gasteiger partial charge is 0.133 e. The zero-order valence-electron chi connectivity index (χ0n) is 13.0. The molecule has 0 radical (unpaired) electrons. The van der Waals surface area contributed by atoms with Crippen molar-refractivity contribution >= 4 is 0 Å². The van der Waals surface area contributed by atoms with Crippen LogP contribution in [0.4, 0.5) is 0 Å². The van der Waals surface area contributed by atoms with Crippen molar-refractivity contribution in [2.75, 3.05) is 0 Å². The van der Waals surface area contributed by atoms with Crippen LogP contribution in [0.2, 0.25) is 0 Å². The van der Waals surface area contributed by atoms with Crippen LogP contribution < -0.4 is 5.32 Å². The highest BCUT2D eigenvalue weighted by Gasteiger charge is 2.16. The molecular weight excluding hydrogens is 252 g/mol. The fraction of sp³-hybridized carbons (Fsp3) is 0.600. The third-order valence-corrected chi connectivity index (χ3v) is 3.70. The molecule has 2 heterocycles. The lowest BCUT2D eigenvalue weighted by Crippen LogP contribution is -2.19. The Labute approximate surface area is 120 Å². The summed E-state index contributed by atoms with van der Waals surface area (Å²) >= 11 is 0. The molecule has 0 bridgehead atoms. The monoisotopic (exact) mass is 276 g/mol. The summed E-state index contributed by atoms with van der Waals surface area (Å²) in [5, 5.41) is 12.2. The number of aromatic nitrogens is 3. The Hall–Kier alpha value is -1.62. The van der Waals surface area contributed by atoms with E-state index in [2.05, 4.69) is 36.3 Å². The molecular formula is C15H24N4O. The molecule has 1 atom stereocenters. The van der Waals surface area contributed by atoms with E-state index in [0.717, 1.165) is 30.8 Å². The van der Waals surface area contributed by atoms with Gasteiger partial charge in [0.25, 0.3) is 0 Å². The van der Waals surface area contributed by atoms with Crippen LogP contribution in [0.3, 0.4) is 0 Å². The van der Waals surface area contributed by atoms with Crippen molar-refractivity contribution in [3.63, 3.8) is 0 Å². The molecule has 1 unspecified atom stereocenters. The molecule has 0 saturated heterocycles. The van der Waals surface area contributed by atoms with Gasteiger partial charge in [-0.25, -0.2) is 0 Å². The predicted octanol–water partition coefficient (Wildman–Crippen LogP) is 2.69. The van der Waals surface area contributed by atoms with Crippen molar-refractivity contribution < 1.29 is 4.52 Å². The summed E-state index contributed by atoms with van der Waals surface area (Å²) in [6, 6.07) is 2.14. The minimum atomic E-state index is 0.169. The maximum absolute atomic E-state index is 5.13. The van der Waals surface area contributed by atoms with Crippen LogP contribution in [0.25, 0.3) is 0 Å². The zero-order valence-corrected chi connectivity index (χ0v) is 13.0. The SMILES string of the molecule is CCc1nn(C)c(CC)c1CNC(C)c1cc(C)on1. The van der Waals surface area contributed by atoms with Crippen LogP contribution in [0.5, 0.6) is 0 Å². The molecule has 20 heavy (non-hydrogen) atoms. The van der Waals surface area contributed by atoms with Crippen LogP contribution in [-0.2, 0) is 26.4 Å². The molecule has 0 saturated carbocycles. The van der Waals surface area contributed by atoms with Crippen LogP contribution >= 0.6 is 0 Å². The Morgan fingerprint density at radius 2 is 2.10 bits per heavy atom. The largest absolute Gasteiger partial charge is 0.361 e. The second-order valence-electron chi connectivity index (χ2n) is 5.17. The average molecular weight is 276 g/mol. The first-order valence-corrected chi connectivity index (χ1v) is 7.27. The van der Waals surface area contributed by atoms with Crippen molar-refractivity contribution in [3.8, 4) is 0 Å². The Balaban J connectivity index is 2.10. The van der Waals surface area contributed by atoms with E-state index < -0.39 is 0 Å². The molecule has 2 aromatic heterocycles. The van der Waals surface area contributed by atoms with E-state index in [1.807, 2.05) is 24.7 Å². The lowest BCUT2D eigenvalue weighted by Gasteiger charge is -2.12. The Morgan fingerprint density at radius 3 is 2.65 bits per heavy atom. The Kier molecular flexibility index (Phi) is 4.60. The summed E-state index contributed by atoms with van der Waals surface area (Å²) in [5.74, 6) is 0.846. The first-order valence-electron chi connectivity index (χ1n) is 7.27. The van der Waals surface area contributed by atoms with Gasteiger partial charge >= 0.3 is 0 Å². The number of rotatable bonds is 6. The van der Waals surface area contributed by atoms with E-state index in [1.54, 1.807) is 0 Å². The molecule has 0 aliphatic heterocycles. The van der Waals surface area contributed by atoms with Crippen molar-refractivity contribution in [1.29, 1.82) is 0 Å². The van der Waals surface area contributed by atoms with E-state index in [-0.39, 0.29) is 6.04 Å². The fourth-order valence-corrected chi connectivity index (χ4v) is 2.54. The van der Waals surface area contributed by atoms with Gasteiger partial charge in [-0.3, -0.25) is 4.68 Å². The molecule has 0 aliphatic carbocycles. The summed E-state index contributed by atoms with van der Waals surface area (Å²) < 4.78 is 7.13. The quantitative estimate of drug-likeness (QED) is 0.881. The molecule has 1 N–H and O–H groups in total. The zero-order chi connectivity index (χ0) is 14.7. The van der Waals surface area contributed by atoms with Gasteiger partial charge in [0.15, 0.2) is 0 Å². The number of nitrogens with one attached hydrogen (secondary N) is 1. The van der Waals surface area contributed by atoms with Gasteiger partial charge in [0.2, 0.25) is 0 Å². The van der Waals surface area contributed by atoms with Crippen molar-refractivity contribution in [2.24, 2.45) is 7.05 Å². The van der Waals surface area contributed by atoms with Crippen LogP contribution in [0.1, 0.15) is 55.2 Å². The van der Waals surface area contributed by atoms with Gasteiger partial charge in [-0.05, 0) is 26.7 Å². The Morgan fingerprint density at radius 1 is 1.35 bits per heavy atom. The fourth-order valence-electron chi connectivity index (χ4n) is 2.54. The lowest BCUT2D eigenvalue weighted by molar-refractivity contribution is 0.380. The summed E-state index contributed by atoms with van der Waals surface area (Å²) in [6.45, 7) is 9.15. The van der Waals surface area contributed by atoms with Gasteiger partial charge in [-0.15, -0.1) is 0 Å². The van der Waals surface area contributed by atoms with Crippen molar-refractivity contribution in [1.82, 2.24) is 20.3 Å². The highest BCUT2D eigenvalue weighted by atomic mass is 16.5. The number of hydrogen-bond donors (Lipinski definition) is 1. The number of hydrogen-bond acceptors (Lipinski definition) is 4. The first kappa shape index (κ1) is 14.8. The van der Waals surface area contributed by atoms with Crippen molar-refractivity contribution in [2.45, 2.75) is 53.1 Å². The Bertz CT molecular complexity index is 570. The second-order valence-corrected chi connectivity index (χ2v) is 5.17. The summed E-state index contributed by atoms with van der Waals surface area (Å²) in [4.78, 5) is 0. The van der Waals surface area contributed by atoms with Crippen LogP contribution in [0, 0.1) is 6.92 Å². The minimum absolute atomic E-state index is 0.169. The van der Waals surface area contributed by atoms with Gasteiger partial charge in [-0.2, -0.15) is 5.10 Å². The molecule has 0 fully saturated rings. The normalized spacial score (nSPS) is 12.8. The molecule has 0 amide bonds. The molecule has 5 nitrogen and oxygen atoms in total. The van der Waals surface area contributed by atoms with E-state index in [1.165, 1.54) is 17.0 Å². The van der Waals surface area contributed by atoms with E-state index in [0.29, 0.717) is 0 Å². The maximum Gasteiger partial charge on any atom is 0.133 e. The molecule has 2 rings (SSSR count). The summed E-state index contributed by atoms with van der Waals surface area (Å²) in [7, 11) is 2.02. The topological polar surface area (TPSA) is 55.9 Å². The van der Waals surface area contributed by atoms with Crippen molar-refractivity contribution in [3.05, 3.63) is 34.5 Å². The highest BCUT2D eigenvalue weighted by molar-refractivity contribution is 5.26. The first-order chi connectivity index (χ1) is 9.56. The van der Waals surface area contributed by atoms with Crippen LogP contribution in [0.15, 0.2) is 10.6 Å².